The van der Waals surface area contributed by atoms with E-state index in [1.54, 1.807) is 19.1 Å². The van der Waals surface area contributed by atoms with E-state index in [-0.39, 0.29) is 5.56 Å². The Labute approximate surface area is 115 Å². The van der Waals surface area contributed by atoms with Crippen LogP contribution in [0.5, 0.6) is 11.5 Å². The maximum Gasteiger partial charge on any atom is 0.340 e. The zero-order valence-electron chi connectivity index (χ0n) is 11.1. The van der Waals surface area contributed by atoms with Gasteiger partial charge in [-0.3, -0.25) is 0 Å². The van der Waals surface area contributed by atoms with E-state index < -0.39 is 11.8 Å². The molecule has 0 amide bonds. The van der Waals surface area contributed by atoms with Gasteiger partial charge in [0.05, 0.1) is 12.7 Å². The van der Waals surface area contributed by atoms with Crippen LogP contribution in [0.15, 0.2) is 36.4 Å². The molecule has 4 nitrogen and oxygen atoms in total. The number of ether oxygens (including phenoxy) is 2. The van der Waals surface area contributed by atoms with E-state index in [2.05, 4.69) is 4.74 Å². The van der Waals surface area contributed by atoms with Crippen LogP contribution in [0.2, 0.25) is 0 Å². The van der Waals surface area contributed by atoms with Crippen LogP contribution < -0.4 is 10.5 Å². The first-order valence-electron chi connectivity index (χ1n) is 5.93. The van der Waals surface area contributed by atoms with Crippen molar-refractivity contribution in [2.75, 3.05) is 12.8 Å². The van der Waals surface area contributed by atoms with Crippen molar-refractivity contribution in [1.29, 1.82) is 0 Å². The van der Waals surface area contributed by atoms with E-state index in [4.69, 9.17) is 10.5 Å². The lowest BCUT2D eigenvalue weighted by Crippen LogP contribution is -2.07. The molecule has 104 valence electrons. The number of rotatable bonds is 3. The van der Waals surface area contributed by atoms with Gasteiger partial charge in [0.1, 0.15) is 17.3 Å². The quantitative estimate of drug-likeness (QED) is 0.689. The minimum Gasteiger partial charge on any atom is -0.465 e. The Bertz CT molecular complexity index is 656. The van der Waals surface area contributed by atoms with Crippen LogP contribution in [0.4, 0.5) is 10.1 Å². The standard InChI is InChI=1S/C15H14FNO3/c1-9-6-12(8-13(14(9)17)15(18)19-2)20-11-5-3-4-10(16)7-11/h3-8H,17H2,1-2H3. The van der Waals surface area contributed by atoms with Crippen LogP contribution in [0, 0.1) is 12.7 Å². The molecule has 0 radical (unpaired) electrons. The Morgan fingerprint density at radius 1 is 1.20 bits per heavy atom. The van der Waals surface area contributed by atoms with Gasteiger partial charge in [0, 0.05) is 11.8 Å². The number of halogens is 1. The molecule has 0 saturated heterocycles. The molecule has 2 rings (SSSR count). The van der Waals surface area contributed by atoms with Crippen molar-refractivity contribution >= 4 is 11.7 Å². The number of carbonyl (C=O) groups excluding carboxylic acids is 1. The van der Waals surface area contributed by atoms with E-state index in [1.807, 2.05) is 0 Å². The summed E-state index contributed by atoms with van der Waals surface area (Å²) >= 11 is 0. The van der Waals surface area contributed by atoms with Crippen LogP contribution in [0.1, 0.15) is 15.9 Å². The molecule has 5 heteroatoms. The van der Waals surface area contributed by atoms with Gasteiger partial charge >= 0.3 is 5.97 Å². The predicted molar refractivity (Wildman–Crippen MR) is 73.4 cm³/mol. The third kappa shape index (κ3) is 2.88. The highest BCUT2D eigenvalue weighted by Gasteiger charge is 2.14. The zero-order chi connectivity index (χ0) is 14.7. The van der Waals surface area contributed by atoms with E-state index >= 15 is 0 Å². The first kappa shape index (κ1) is 13.9. The maximum atomic E-state index is 13.1. The summed E-state index contributed by atoms with van der Waals surface area (Å²) < 4.78 is 23.3. The monoisotopic (exact) mass is 275 g/mol. The van der Waals surface area contributed by atoms with Gasteiger partial charge in [-0.2, -0.15) is 0 Å². The van der Waals surface area contributed by atoms with Gasteiger partial charge in [-0.1, -0.05) is 6.07 Å². The molecule has 0 aliphatic heterocycles. The van der Waals surface area contributed by atoms with Crippen LogP contribution in [0.3, 0.4) is 0 Å². The van der Waals surface area contributed by atoms with Crippen molar-refractivity contribution in [2.24, 2.45) is 0 Å². The average molecular weight is 275 g/mol. The molecule has 0 saturated carbocycles. The van der Waals surface area contributed by atoms with Gasteiger partial charge in [-0.15, -0.1) is 0 Å². The van der Waals surface area contributed by atoms with Crippen molar-refractivity contribution in [1.82, 2.24) is 0 Å². The summed E-state index contributed by atoms with van der Waals surface area (Å²) in [6.45, 7) is 1.75. The first-order valence-corrected chi connectivity index (χ1v) is 5.93. The van der Waals surface area contributed by atoms with Crippen LogP contribution in [-0.4, -0.2) is 13.1 Å². The molecule has 0 atom stereocenters. The van der Waals surface area contributed by atoms with Crippen LogP contribution in [-0.2, 0) is 4.74 Å². The maximum absolute atomic E-state index is 13.1. The average Bonchev–Trinajstić information content (AvgIpc) is 2.42. The predicted octanol–water partition coefficient (Wildman–Crippen LogP) is 3.30. The number of methoxy groups -OCH3 is 1. The molecule has 0 unspecified atom stereocenters. The normalized spacial score (nSPS) is 10.2. The highest BCUT2D eigenvalue weighted by atomic mass is 19.1. The Morgan fingerprint density at radius 2 is 1.95 bits per heavy atom. The van der Waals surface area contributed by atoms with Crippen molar-refractivity contribution < 1.29 is 18.7 Å². The lowest BCUT2D eigenvalue weighted by molar-refractivity contribution is 0.0601. The molecule has 0 aliphatic rings. The van der Waals surface area contributed by atoms with Crippen molar-refractivity contribution in [3.63, 3.8) is 0 Å². The summed E-state index contributed by atoms with van der Waals surface area (Å²) in [6, 6.07) is 8.87. The van der Waals surface area contributed by atoms with Gasteiger partial charge in [0.15, 0.2) is 0 Å². The number of hydrogen-bond acceptors (Lipinski definition) is 4. The number of anilines is 1. The number of nitrogens with two attached hydrogens (primary N) is 1. The smallest absolute Gasteiger partial charge is 0.340 e. The van der Waals surface area contributed by atoms with E-state index in [0.29, 0.717) is 22.7 Å². The second kappa shape index (κ2) is 5.61. The first-order chi connectivity index (χ1) is 9.51. The molecule has 0 fully saturated rings. The van der Waals surface area contributed by atoms with Crippen molar-refractivity contribution in [3.8, 4) is 11.5 Å². The van der Waals surface area contributed by atoms with Gasteiger partial charge in [-0.05, 0) is 36.8 Å². The summed E-state index contributed by atoms with van der Waals surface area (Å²) in [5.74, 6) is -0.217. The molecule has 0 bridgehead atoms. The number of hydrogen-bond donors (Lipinski definition) is 1. The fourth-order valence-electron chi connectivity index (χ4n) is 1.77. The summed E-state index contributed by atoms with van der Waals surface area (Å²) in [4.78, 5) is 11.6. The van der Waals surface area contributed by atoms with Crippen molar-refractivity contribution in [3.05, 3.63) is 53.3 Å². The second-order valence-electron chi connectivity index (χ2n) is 4.25. The lowest BCUT2D eigenvalue weighted by Gasteiger charge is -2.11. The Morgan fingerprint density at radius 3 is 2.60 bits per heavy atom. The molecule has 2 aromatic carbocycles. The van der Waals surface area contributed by atoms with Gasteiger partial charge in [-0.25, -0.2) is 9.18 Å². The summed E-state index contributed by atoms with van der Waals surface area (Å²) in [5.41, 5.74) is 7.07. The van der Waals surface area contributed by atoms with Crippen LogP contribution >= 0.6 is 0 Å². The van der Waals surface area contributed by atoms with Crippen molar-refractivity contribution in [2.45, 2.75) is 6.92 Å². The highest BCUT2D eigenvalue weighted by Crippen LogP contribution is 2.28. The fourth-order valence-corrected chi connectivity index (χ4v) is 1.77. The van der Waals surface area contributed by atoms with Crippen LogP contribution in [0.25, 0.3) is 0 Å². The number of carbonyl (C=O) groups is 1. The van der Waals surface area contributed by atoms with Gasteiger partial charge in [0.2, 0.25) is 0 Å². The number of esters is 1. The summed E-state index contributed by atoms with van der Waals surface area (Å²) in [5, 5.41) is 0. The van der Waals surface area contributed by atoms with E-state index in [0.717, 1.165) is 0 Å². The third-order valence-corrected chi connectivity index (χ3v) is 2.80. The lowest BCUT2D eigenvalue weighted by atomic mass is 10.1. The topological polar surface area (TPSA) is 61.5 Å². The molecular formula is C15H14FNO3. The highest BCUT2D eigenvalue weighted by molar-refractivity contribution is 5.96. The molecule has 0 spiro atoms. The Hall–Kier alpha value is -2.56. The third-order valence-electron chi connectivity index (χ3n) is 2.80. The fraction of sp³-hybridized carbons (Fsp3) is 0.133. The number of benzene rings is 2. The minimum atomic E-state index is -0.546. The molecule has 0 heterocycles. The number of nitrogen functional groups attached to an aromatic ring is 1. The van der Waals surface area contributed by atoms with Gasteiger partial charge in [0.25, 0.3) is 0 Å². The molecule has 20 heavy (non-hydrogen) atoms. The van der Waals surface area contributed by atoms with E-state index in [9.17, 15) is 9.18 Å². The molecular weight excluding hydrogens is 261 g/mol. The Balaban J connectivity index is 2.38. The molecule has 0 aliphatic carbocycles. The van der Waals surface area contributed by atoms with E-state index in [1.165, 1.54) is 31.4 Å². The molecule has 2 aromatic rings. The van der Waals surface area contributed by atoms with Gasteiger partial charge < -0.3 is 15.2 Å². The SMILES string of the molecule is COC(=O)c1cc(Oc2cccc(F)c2)cc(C)c1N. The number of aryl methyl sites for hydroxylation is 1. The summed E-state index contributed by atoms with van der Waals surface area (Å²) in [7, 11) is 1.28. The summed E-state index contributed by atoms with van der Waals surface area (Å²) in [6.07, 6.45) is 0. The molecule has 2 N–H and O–H groups in total. The second-order valence-corrected chi connectivity index (χ2v) is 4.25. The molecule has 0 aromatic heterocycles. The largest absolute Gasteiger partial charge is 0.465 e. The minimum absolute atomic E-state index is 0.221. The Kier molecular flexibility index (Phi) is 3.89. The zero-order valence-corrected chi connectivity index (χ0v) is 11.1.